The first-order valence-electron chi connectivity index (χ1n) is 10.7. The number of amides is 1. The second-order valence-corrected chi connectivity index (χ2v) is 10.7. The fourth-order valence-corrected chi connectivity index (χ4v) is 6.21. The Bertz CT molecular complexity index is 1170. The van der Waals surface area contributed by atoms with E-state index in [9.17, 15) is 13.2 Å². The van der Waals surface area contributed by atoms with Gasteiger partial charge in [0, 0.05) is 48.2 Å². The molecule has 1 aliphatic heterocycles. The maximum atomic E-state index is 13.1. The molecular weight excluding hydrogens is 448 g/mol. The van der Waals surface area contributed by atoms with Gasteiger partial charge in [0.05, 0.1) is 5.75 Å². The van der Waals surface area contributed by atoms with E-state index in [1.54, 1.807) is 18.5 Å². The van der Waals surface area contributed by atoms with Gasteiger partial charge in [-0.1, -0.05) is 36.9 Å². The summed E-state index contributed by atoms with van der Waals surface area (Å²) >= 11 is 1.44. The van der Waals surface area contributed by atoms with Crippen molar-refractivity contribution < 1.29 is 17.6 Å². The summed E-state index contributed by atoms with van der Waals surface area (Å²) < 4.78 is 32.0. The molecule has 1 fully saturated rings. The highest BCUT2D eigenvalue weighted by Crippen LogP contribution is 2.31. The zero-order valence-corrected chi connectivity index (χ0v) is 19.5. The first-order chi connectivity index (χ1) is 15.5. The van der Waals surface area contributed by atoms with Crippen LogP contribution in [-0.2, 0) is 15.8 Å². The van der Waals surface area contributed by atoms with E-state index in [-0.39, 0.29) is 23.5 Å². The van der Waals surface area contributed by atoms with Crippen LogP contribution in [-0.4, -0.2) is 53.5 Å². The number of fused-ring (bicyclic) bond motifs is 1. The van der Waals surface area contributed by atoms with Crippen molar-refractivity contribution in [1.82, 2.24) is 19.6 Å². The molecule has 0 radical (unpaired) electrons. The number of carbonyl (C=O) groups excluding carboxylic acids is 1. The number of nitrogens with zero attached hydrogens (tertiary/aromatic N) is 3. The van der Waals surface area contributed by atoms with Crippen LogP contribution in [0, 0.1) is 0 Å². The average Bonchev–Trinajstić information content (AvgIpc) is 3.17. The fraction of sp³-hybridized carbons (Fsp3) is 0.409. The number of furan rings is 1. The quantitative estimate of drug-likeness (QED) is 0.394. The van der Waals surface area contributed by atoms with Crippen LogP contribution in [0.2, 0.25) is 0 Å². The Morgan fingerprint density at radius 3 is 2.62 bits per heavy atom. The minimum atomic E-state index is -3.21. The molecule has 1 N–H and O–H groups in total. The lowest BCUT2D eigenvalue weighted by molar-refractivity contribution is 0.0897. The number of hydrogen-bond acceptors (Lipinski definition) is 7. The van der Waals surface area contributed by atoms with Gasteiger partial charge in [0.2, 0.25) is 10.0 Å². The van der Waals surface area contributed by atoms with Gasteiger partial charge >= 0.3 is 0 Å². The minimum Gasteiger partial charge on any atom is -0.451 e. The summed E-state index contributed by atoms with van der Waals surface area (Å²) in [6, 6.07) is 9.23. The number of sulfonamides is 1. The second kappa shape index (κ2) is 10.0. The summed E-state index contributed by atoms with van der Waals surface area (Å²) in [5.41, 5.74) is 1.46. The number of benzene rings is 1. The van der Waals surface area contributed by atoms with Crippen LogP contribution in [0.25, 0.3) is 11.0 Å². The maximum Gasteiger partial charge on any atom is 0.287 e. The first kappa shape index (κ1) is 22.8. The SMILES string of the molecule is CCCS(=O)(=O)N1CCC(NC(=O)c2oc3ccccc3c2CSc2ncccn2)CC1. The number of hydrogen-bond donors (Lipinski definition) is 1. The number of carbonyl (C=O) groups is 1. The highest BCUT2D eigenvalue weighted by molar-refractivity contribution is 7.98. The van der Waals surface area contributed by atoms with E-state index in [0.29, 0.717) is 48.8 Å². The second-order valence-electron chi connectivity index (χ2n) is 7.69. The molecule has 10 heteroatoms. The van der Waals surface area contributed by atoms with Gasteiger partial charge in [0.25, 0.3) is 5.91 Å². The molecule has 0 spiro atoms. The number of thioether (sulfide) groups is 1. The maximum absolute atomic E-state index is 13.1. The number of rotatable bonds is 8. The summed E-state index contributed by atoms with van der Waals surface area (Å²) in [5, 5.41) is 4.56. The van der Waals surface area contributed by atoms with Crippen LogP contribution in [0.15, 0.2) is 52.3 Å². The van der Waals surface area contributed by atoms with Crippen LogP contribution in [0.1, 0.15) is 42.3 Å². The minimum absolute atomic E-state index is 0.0956. The largest absolute Gasteiger partial charge is 0.451 e. The van der Waals surface area contributed by atoms with Crippen molar-refractivity contribution in [2.45, 2.75) is 43.1 Å². The molecule has 8 nitrogen and oxygen atoms in total. The van der Waals surface area contributed by atoms with Crippen molar-refractivity contribution in [3.05, 3.63) is 54.0 Å². The average molecular weight is 475 g/mol. The molecule has 3 aromatic rings. The Kier molecular flexibility index (Phi) is 7.12. The molecule has 1 saturated heterocycles. The number of para-hydroxylation sites is 1. The van der Waals surface area contributed by atoms with Crippen LogP contribution >= 0.6 is 11.8 Å². The number of nitrogens with one attached hydrogen (secondary N) is 1. The molecule has 0 unspecified atom stereocenters. The third-order valence-electron chi connectivity index (χ3n) is 5.44. The standard InChI is InChI=1S/C22H26N4O4S2/c1-2-14-32(28,29)26-12-8-16(9-13-26)25-21(27)20-18(15-31-22-23-10-5-11-24-22)17-6-3-4-7-19(17)30-20/h3-7,10-11,16H,2,8-9,12-15H2,1H3,(H,25,27). The van der Waals surface area contributed by atoms with E-state index >= 15 is 0 Å². The van der Waals surface area contributed by atoms with Gasteiger partial charge in [0.1, 0.15) is 5.58 Å². The molecule has 0 saturated carbocycles. The summed E-state index contributed by atoms with van der Waals surface area (Å²) in [6.45, 7) is 2.70. The van der Waals surface area contributed by atoms with E-state index in [2.05, 4.69) is 15.3 Å². The molecule has 2 aromatic heterocycles. The smallest absolute Gasteiger partial charge is 0.287 e. The zero-order chi connectivity index (χ0) is 22.6. The highest BCUT2D eigenvalue weighted by Gasteiger charge is 2.29. The van der Waals surface area contributed by atoms with Crippen molar-refractivity contribution in [1.29, 1.82) is 0 Å². The molecule has 32 heavy (non-hydrogen) atoms. The van der Waals surface area contributed by atoms with E-state index in [0.717, 1.165) is 10.9 Å². The van der Waals surface area contributed by atoms with E-state index in [1.165, 1.54) is 16.1 Å². The van der Waals surface area contributed by atoms with Crippen LogP contribution in [0.3, 0.4) is 0 Å². The Hall–Kier alpha value is -2.43. The monoisotopic (exact) mass is 474 g/mol. The van der Waals surface area contributed by atoms with Gasteiger partial charge in [0.15, 0.2) is 10.9 Å². The summed E-state index contributed by atoms with van der Waals surface area (Å²) in [7, 11) is -3.21. The summed E-state index contributed by atoms with van der Waals surface area (Å²) in [4.78, 5) is 21.6. The Morgan fingerprint density at radius 2 is 1.91 bits per heavy atom. The van der Waals surface area contributed by atoms with Gasteiger partial charge in [-0.15, -0.1) is 0 Å². The Labute approximate surface area is 191 Å². The molecule has 170 valence electrons. The van der Waals surface area contributed by atoms with Crippen molar-refractivity contribution in [3.63, 3.8) is 0 Å². The molecule has 3 heterocycles. The van der Waals surface area contributed by atoms with Crippen molar-refractivity contribution in [2.24, 2.45) is 0 Å². The molecule has 1 amide bonds. The highest BCUT2D eigenvalue weighted by atomic mass is 32.2. The normalized spacial score (nSPS) is 15.8. The lowest BCUT2D eigenvalue weighted by atomic mass is 10.1. The topological polar surface area (TPSA) is 105 Å². The van der Waals surface area contributed by atoms with Gasteiger partial charge in [-0.25, -0.2) is 22.7 Å². The van der Waals surface area contributed by atoms with Gasteiger partial charge < -0.3 is 9.73 Å². The van der Waals surface area contributed by atoms with Crippen LogP contribution in [0.4, 0.5) is 0 Å². The molecule has 0 atom stereocenters. The summed E-state index contributed by atoms with van der Waals surface area (Å²) in [5.74, 6) is 0.670. The zero-order valence-electron chi connectivity index (χ0n) is 17.9. The molecule has 0 aliphatic carbocycles. The molecule has 4 rings (SSSR count). The first-order valence-corrected chi connectivity index (χ1v) is 13.3. The lowest BCUT2D eigenvalue weighted by Crippen LogP contribution is -2.47. The van der Waals surface area contributed by atoms with Crippen LogP contribution in [0.5, 0.6) is 0 Å². The van der Waals surface area contributed by atoms with Gasteiger partial charge in [-0.3, -0.25) is 4.79 Å². The Balaban J connectivity index is 1.47. The van der Waals surface area contributed by atoms with E-state index < -0.39 is 10.0 Å². The fourth-order valence-electron chi connectivity index (χ4n) is 3.84. The number of piperidine rings is 1. The third kappa shape index (κ3) is 5.13. The van der Waals surface area contributed by atoms with E-state index in [1.807, 2.05) is 31.2 Å². The summed E-state index contributed by atoms with van der Waals surface area (Å²) in [6.07, 6.45) is 5.13. The molecule has 0 bridgehead atoms. The van der Waals surface area contributed by atoms with Crippen molar-refractivity contribution in [2.75, 3.05) is 18.8 Å². The lowest BCUT2D eigenvalue weighted by Gasteiger charge is -2.31. The predicted octanol–water partition coefficient (Wildman–Crippen LogP) is 3.45. The predicted molar refractivity (Wildman–Crippen MR) is 124 cm³/mol. The van der Waals surface area contributed by atoms with Gasteiger partial charge in [-0.2, -0.15) is 0 Å². The molecular formula is C22H26N4O4S2. The third-order valence-corrected chi connectivity index (χ3v) is 8.41. The number of aromatic nitrogens is 2. The molecule has 1 aromatic carbocycles. The van der Waals surface area contributed by atoms with Crippen molar-refractivity contribution in [3.8, 4) is 0 Å². The Morgan fingerprint density at radius 1 is 1.19 bits per heavy atom. The van der Waals surface area contributed by atoms with Gasteiger partial charge in [-0.05, 0) is 31.4 Å². The van der Waals surface area contributed by atoms with Crippen molar-refractivity contribution >= 4 is 38.7 Å². The molecule has 1 aliphatic rings. The van der Waals surface area contributed by atoms with Crippen LogP contribution < -0.4 is 5.32 Å². The van der Waals surface area contributed by atoms with E-state index in [4.69, 9.17) is 4.42 Å².